The average Bonchev–Trinajstić information content (AvgIpc) is 1.98. The smallest absolute Gasteiger partial charge is 0.00985 e. The van der Waals surface area contributed by atoms with Crippen LogP contribution in [0.2, 0.25) is 0 Å². The molecule has 2 atom stereocenters. The van der Waals surface area contributed by atoms with Gasteiger partial charge in [0.1, 0.15) is 0 Å². The molecule has 0 aromatic rings. The standard InChI is InChI=1S/C10H24N2/c1-8(2)11-7-9(3)10(4)12(5)6/h8-11H,7H2,1-6H3. The van der Waals surface area contributed by atoms with E-state index in [1.807, 2.05) is 0 Å². The first kappa shape index (κ1) is 11.9. The van der Waals surface area contributed by atoms with Crippen LogP contribution < -0.4 is 5.32 Å². The fourth-order valence-corrected chi connectivity index (χ4v) is 1.10. The first-order chi connectivity index (χ1) is 5.45. The van der Waals surface area contributed by atoms with Crippen molar-refractivity contribution in [2.24, 2.45) is 5.92 Å². The number of nitrogens with zero attached hydrogens (tertiary/aromatic N) is 1. The maximum Gasteiger partial charge on any atom is 0.00985 e. The third-order valence-electron chi connectivity index (χ3n) is 2.49. The van der Waals surface area contributed by atoms with Gasteiger partial charge in [-0.15, -0.1) is 0 Å². The van der Waals surface area contributed by atoms with Crippen LogP contribution in [0.15, 0.2) is 0 Å². The van der Waals surface area contributed by atoms with Crippen LogP contribution in [0.3, 0.4) is 0 Å². The van der Waals surface area contributed by atoms with Crippen molar-refractivity contribution in [3.8, 4) is 0 Å². The topological polar surface area (TPSA) is 15.3 Å². The minimum Gasteiger partial charge on any atom is -0.314 e. The summed E-state index contributed by atoms with van der Waals surface area (Å²) in [4.78, 5) is 2.27. The van der Waals surface area contributed by atoms with Gasteiger partial charge in [0.15, 0.2) is 0 Å². The van der Waals surface area contributed by atoms with Crippen molar-refractivity contribution in [2.45, 2.75) is 39.8 Å². The Morgan fingerprint density at radius 2 is 1.58 bits per heavy atom. The van der Waals surface area contributed by atoms with E-state index in [4.69, 9.17) is 0 Å². The SMILES string of the molecule is CC(C)NCC(C)C(C)N(C)C. The molecule has 2 unspecified atom stereocenters. The van der Waals surface area contributed by atoms with Gasteiger partial charge in [-0.25, -0.2) is 0 Å². The van der Waals surface area contributed by atoms with Gasteiger partial charge in [0.05, 0.1) is 0 Å². The minimum atomic E-state index is 0.599. The molecular weight excluding hydrogens is 148 g/mol. The molecule has 0 aromatic carbocycles. The van der Waals surface area contributed by atoms with E-state index in [1.54, 1.807) is 0 Å². The largest absolute Gasteiger partial charge is 0.314 e. The van der Waals surface area contributed by atoms with Crippen LogP contribution >= 0.6 is 0 Å². The maximum absolute atomic E-state index is 3.45. The van der Waals surface area contributed by atoms with Crippen molar-refractivity contribution in [3.63, 3.8) is 0 Å². The van der Waals surface area contributed by atoms with E-state index >= 15 is 0 Å². The third kappa shape index (κ3) is 4.73. The molecule has 0 aromatic heterocycles. The van der Waals surface area contributed by atoms with Crippen molar-refractivity contribution in [1.29, 1.82) is 0 Å². The summed E-state index contributed by atoms with van der Waals surface area (Å²) in [6, 6.07) is 1.25. The lowest BCUT2D eigenvalue weighted by Crippen LogP contribution is -2.38. The molecule has 74 valence electrons. The number of hydrogen-bond acceptors (Lipinski definition) is 2. The molecule has 2 nitrogen and oxygen atoms in total. The summed E-state index contributed by atoms with van der Waals surface area (Å²) in [5.74, 6) is 0.711. The van der Waals surface area contributed by atoms with Crippen LogP contribution in [-0.2, 0) is 0 Å². The molecule has 2 heteroatoms. The Morgan fingerprint density at radius 1 is 1.08 bits per heavy atom. The lowest BCUT2D eigenvalue weighted by molar-refractivity contribution is 0.231. The molecule has 1 N–H and O–H groups in total. The molecule has 0 spiro atoms. The van der Waals surface area contributed by atoms with E-state index in [1.165, 1.54) is 0 Å². The molecule has 0 amide bonds. The summed E-state index contributed by atoms with van der Waals surface area (Å²) in [6.45, 7) is 10.0. The molecule has 12 heavy (non-hydrogen) atoms. The molecule has 0 radical (unpaired) electrons. The van der Waals surface area contributed by atoms with Crippen molar-refractivity contribution < 1.29 is 0 Å². The van der Waals surface area contributed by atoms with Gasteiger partial charge in [0.25, 0.3) is 0 Å². The molecule has 0 rings (SSSR count). The summed E-state index contributed by atoms with van der Waals surface area (Å²) in [5, 5.41) is 3.45. The highest BCUT2D eigenvalue weighted by Gasteiger charge is 2.13. The Labute approximate surface area is 77.3 Å². The van der Waals surface area contributed by atoms with E-state index in [-0.39, 0.29) is 0 Å². The second-order valence-electron chi connectivity index (χ2n) is 4.24. The van der Waals surface area contributed by atoms with Crippen LogP contribution in [0.25, 0.3) is 0 Å². The number of nitrogens with one attached hydrogen (secondary N) is 1. The molecule has 0 aliphatic rings. The van der Waals surface area contributed by atoms with Gasteiger partial charge in [0.2, 0.25) is 0 Å². The van der Waals surface area contributed by atoms with Crippen molar-refractivity contribution in [1.82, 2.24) is 10.2 Å². The second-order valence-corrected chi connectivity index (χ2v) is 4.24. The predicted molar refractivity (Wildman–Crippen MR) is 55.5 cm³/mol. The zero-order valence-corrected chi connectivity index (χ0v) is 9.39. The zero-order chi connectivity index (χ0) is 9.72. The fraction of sp³-hybridized carbons (Fsp3) is 1.00. The summed E-state index contributed by atoms with van der Waals surface area (Å²) in [5.41, 5.74) is 0. The quantitative estimate of drug-likeness (QED) is 0.677. The van der Waals surface area contributed by atoms with Crippen molar-refractivity contribution in [2.75, 3.05) is 20.6 Å². The Balaban J connectivity index is 3.64. The summed E-state index contributed by atoms with van der Waals surface area (Å²) < 4.78 is 0. The summed E-state index contributed by atoms with van der Waals surface area (Å²) >= 11 is 0. The van der Waals surface area contributed by atoms with E-state index in [9.17, 15) is 0 Å². The monoisotopic (exact) mass is 172 g/mol. The minimum absolute atomic E-state index is 0.599. The molecule has 0 aliphatic carbocycles. The van der Waals surface area contributed by atoms with Gasteiger partial charge in [-0.3, -0.25) is 0 Å². The third-order valence-corrected chi connectivity index (χ3v) is 2.49. The van der Waals surface area contributed by atoms with Gasteiger partial charge in [-0.2, -0.15) is 0 Å². The zero-order valence-electron chi connectivity index (χ0n) is 9.39. The second kappa shape index (κ2) is 5.55. The number of hydrogen-bond donors (Lipinski definition) is 1. The Kier molecular flexibility index (Phi) is 5.51. The average molecular weight is 172 g/mol. The highest BCUT2D eigenvalue weighted by atomic mass is 15.1. The van der Waals surface area contributed by atoms with Crippen molar-refractivity contribution >= 4 is 0 Å². The van der Waals surface area contributed by atoms with Gasteiger partial charge in [0, 0.05) is 12.1 Å². The van der Waals surface area contributed by atoms with Crippen LogP contribution in [0, 0.1) is 5.92 Å². The Morgan fingerprint density at radius 3 is 1.92 bits per heavy atom. The predicted octanol–water partition coefficient (Wildman–Crippen LogP) is 1.57. The lowest BCUT2D eigenvalue weighted by Gasteiger charge is -2.27. The molecule has 0 aliphatic heterocycles. The Hall–Kier alpha value is -0.0800. The van der Waals surface area contributed by atoms with E-state index in [0.717, 1.165) is 6.54 Å². The van der Waals surface area contributed by atoms with Crippen molar-refractivity contribution in [3.05, 3.63) is 0 Å². The first-order valence-electron chi connectivity index (χ1n) is 4.85. The highest BCUT2D eigenvalue weighted by molar-refractivity contribution is 4.70. The highest BCUT2D eigenvalue weighted by Crippen LogP contribution is 2.06. The van der Waals surface area contributed by atoms with E-state index in [2.05, 4.69) is 52.0 Å². The first-order valence-corrected chi connectivity index (χ1v) is 4.85. The fourth-order valence-electron chi connectivity index (χ4n) is 1.10. The molecule has 0 fully saturated rings. The lowest BCUT2D eigenvalue weighted by atomic mass is 10.0. The van der Waals surface area contributed by atoms with Gasteiger partial charge in [-0.1, -0.05) is 20.8 Å². The Bertz CT molecular complexity index is 110. The molecule has 0 saturated carbocycles. The number of rotatable bonds is 5. The van der Waals surface area contributed by atoms with Crippen LogP contribution in [0.1, 0.15) is 27.7 Å². The molecule has 0 heterocycles. The molecular formula is C10H24N2. The molecule has 0 bridgehead atoms. The van der Waals surface area contributed by atoms with Gasteiger partial charge < -0.3 is 10.2 Å². The van der Waals surface area contributed by atoms with Crippen LogP contribution in [0.5, 0.6) is 0 Å². The normalized spacial score (nSPS) is 17.0. The van der Waals surface area contributed by atoms with Crippen LogP contribution in [0.4, 0.5) is 0 Å². The van der Waals surface area contributed by atoms with E-state index in [0.29, 0.717) is 18.0 Å². The summed E-state index contributed by atoms with van der Waals surface area (Å²) in [6.07, 6.45) is 0. The maximum atomic E-state index is 3.45. The van der Waals surface area contributed by atoms with Crippen LogP contribution in [-0.4, -0.2) is 37.6 Å². The van der Waals surface area contributed by atoms with Gasteiger partial charge >= 0.3 is 0 Å². The molecule has 0 saturated heterocycles. The van der Waals surface area contributed by atoms with E-state index < -0.39 is 0 Å². The van der Waals surface area contributed by atoms with Gasteiger partial charge in [-0.05, 0) is 33.5 Å². The summed E-state index contributed by atoms with van der Waals surface area (Å²) in [7, 11) is 4.27.